The molecule has 0 heterocycles. The molecule has 72 valence electrons. The lowest BCUT2D eigenvalue weighted by Crippen LogP contribution is -2.27. The van der Waals surface area contributed by atoms with Crippen molar-refractivity contribution in [2.45, 2.75) is 25.0 Å². The molecule has 0 saturated heterocycles. The van der Waals surface area contributed by atoms with Crippen molar-refractivity contribution in [1.82, 2.24) is 0 Å². The number of thioether (sulfide) groups is 1. The highest BCUT2D eigenvalue weighted by Gasteiger charge is 2.16. The number of carbonyl (C=O) groups excluding carboxylic acids is 1. The van der Waals surface area contributed by atoms with Crippen LogP contribution in [0.2, 0.25) is 0 Å². The summed E-state index contributed by atoms with van der Waals surface area (Å²) < 4.78 is 4.58. The van der Waals surface area contributed by atoms with Crippen LogP contribution in [0.5, 0.6) is 0 Å². The minimum atomic E-state index is -0.157. The van der Waals surface area contributed by atoms with Crippen LogP contribution in [0.1, 0.15) is 20.3 Å². The first-order chi connectivity index (χ1) is 5.52. The Hall–Kier alpha value is -0.220. The maximum Gasteiger partial charge on any atom is 0.306 e. The minimum absolute atomic E-state index is 0.0635. The summed E-state index contributed by atoms with van der Waals surface area (Å²) in [6.07, 6.45) is 0.463. The van der Waals surface area contributed by atoms with E-state index in [0.29, 0.717) is 13.0 Å². The summed E-state index contributed by atoms with van der Waals surface area (Å²) in [5, 5.41) is 0. The lowest BCUT2D eigenvalue weighted by molar-refractivity contribution is -0.140. The molecule has 0 amide bonds. The zero-order valence-electron chi connectivity index (χ0n) is 7.92. The first kappa shape index (κ1) is 11.8. The molecule has 0 aliphatic carbocycles. The van der Waals surface area contributed by atoms with E-state index in [9.17, 15) is 4.79 Å². The molecule has 0 fully saturated rings. The number of nitrogens with two attached hydrogens (primary N) is 1. The second kappa shape index (κ2) is 5.43. The van der Waals surface area contributed by atoms with Gasteiger partial charge in [-0.3, -0.25) is 4.79 Å². The maximum absolute atomic E-state index is 10.7. The molecule has 0 rings (SSSR count). The number of hydrogen-bond donors (Lipinski definition) is 1. The molecule has 0 bridgehead atoms. The van der Waals surface area contributed by atoms with E-state index in [1.54, 1.807) is 11.8 Å². The largest absolute Gasteiger partial charge is 0.469 e. The SMILES string of the molecule is COC(=O)CCSC(C)(C)CN. The highest BCUT2D eigenvalue weighted by molar-refractivity contribution is 8.00. The van der Waals surface area contributed by atoms with Crippen LogP contribution >= 0.6 is 11.8 Å². The smallest absolute Gasteiger partial charge is 0.306 e. The van der Waals surface area contributed by atoms with Gasteiger partial charge in [0.1, 0.15) is 0 Å². The van der Waals surface area contributed by atoms with E-state index in [-0.39, 0.29) is 10.7 Å². The van der Waals surface area contributed by atoms with Crippen molar-refractivity contribution >= 4 is 17.7 Å². The quantitative estimate of drug-likeness (QED) is 0.659. The zero-order chi connectivity index (χ0) is 9.61. The maximum atomic E-state index is 10.7. The third-order valence-corrected chi connectivity index (χ3v) is 2.87. The number of rotatable bonds is 5. The van der Waals surface area contributed by atoms with Crippen molar-refractivity contribution in [3.8, 4) is 0 Å². The van der Waals surface area contributed by atoms with Crippen molar-refractivity contribution in [3.63, 3.8) is 0 Å². The number of ether oxygens (including phenoxy) is 1. The Balaban J connectivity index is 3.49. The molecule has 0 atom stereocenters. The molecule has 0 radical (unpaired) electrons. The van der Waals surface area contributed by atoms with Crippen LogP contribution in [0, 0.1) is 0 Å². The van der Waals surface area contributed by atoms with Gasteiger partial charge in [0.25, 0.3) is 0 Å². The summed E-state index contributed by atoms with van der Waals surface area (Å²) >= 11 is 1.70. The fraction of sp³-hybridized carbons (Fsp3) is 0.875. The van der Waals surface area contributed by atoms with Gasteiger partial charge in [0.2, 0.25) is 0 Å². The van der Waals surface area contributed by atoms with Gasteiger partial charge in [-0.1, -0.05) is 0 Å². The van der Waals surface area contributed by atoms with Crippen molar-refractivity contribution in [3.05, 3.63) is 0 Å². The van der Waals surface area contributed by atoms with Gasteiger partial charge < -0.3 is 10.5 Å². The standard InChI is InChI=1S/C8H17NO2S/c1-8(2,6-9)12-5-4-7(10)11-3/h4-6,9H2,1-3H3. The predicted molar refractivity (Wildman–Crippen MR) is 52.2 cm³/mol. The van der Waals surface area contributed by atoms with E-state index in [1.807, 2.05) is 0 Å². The molecular formula is C8H17NO2S. The van der Waals surface area contributed by atoms with Gasteiger partial charge in [0.15, 0.2) is 0 Å². The topological polar surface area (TPSA) is 52.3 Å². The van der Waals surface area contributed by atoms with Gasteiger partial charge in [-0.25, -0.2) is 0 Å². The molecule has 0 aliphatic rings. The zero-order valence-corrected chi connectivity index (χ0v) is 8.74. The molecular weight excluding hydrogens is 174 g/mol. The van der Waals surface area contributed by atoms with Crippen LogP contribution in [0.3, 0.4) is 0 Å². The number of hydrogen-bond acceptors (Lipinski definition) is 4. The summed E-state index contributed by atoms with van der Waals surface area (Å²) in [5.41, 5.74) is 5.52. The van der Waals surface area contributed by atoms with E-state index < -0.39 is 0 Å². The van der Waals surface area contributed by atoms with Crippen LogP contribution in [0.25, 0.3) is 0 Å². The summed E-state index contributed by atoms with van der Waals surface area (Å²) in [7, 11) is 1.40. The Kier molecular flexibility index (Phi) is 5.33. The summed E-state index contributed by atoms with van der Waals surface area (Å²) in [4.78, 5) is 10.7. The average molecular weight is 191 g/mol. The van der Waals surface area contributed by atoms with E-state index in [2.05, 4.69) is 18.6 Å². The Morgan fingerprint density at radius 3 is 2.58 bits per heavy atom. The molecule has 0 aliphatic heterocycles. The molecule has 3 nitrogen and oxygen atoms in total. The molecule has 0 saturated carbocycles. The van der Waals surface area contributed by atoms with Crippen molar-refractivity contribution in [1.29, 1.82) is 0 Å². The Labute approximate surface area is 78.0 Å². The molecule has 0 aromatic heterocycles. The normalized spacial score (nSPS) is 11.3. The van der Waals surface area contributed by atoms with Crippen LogP contribution < -0.4 is 5.73 Å². The van der Waals surface area contributed by atoms with Gasteiger partial charge >= 0.3 is 5.97 Å². The second-order valence-corrected chi connectivity index (χ2v) is 4.94. The molecule has 2 N–H and O–H groups in total. The van der Waals surface area contributed by atoms with Gasteiger partial charge in [0.05, 0.1) is 13.5 Å². The van der Waals surface area contributed by atoms with Crippen LogP contribution in [0.15, 0.2) is 0 Å². The van der Waals surface area contributed by atoms with Gasteiger partial charge in [-0.05, 0) is 13.8 Å². The summed E-state index contributed by atoms with van der Waals surface area (Å²) in [6, 6.07) is 0. The lowest BCUT2D eigenvalue weighted by atomic mass is 10.2. The van der Waals surface area contributed by atoms with Crippen LogP contribution in [-0.4, -0.2) is 30.1 Å². The van der Waals surface area contributed by atoms with E-state index in [4.69, 9.17) is 5.73 Å². The van der Waals surface area contributed by atoms with Gasteiger partial charge in [-0.15, -0.1) is 0 Å². The van der Waals surface area contributed by atoms with Crippen molar-refractivity contribution in [2.75, 3.05) is 19.4 Å². The number of carbonyl (C=O) groups is 1. The van der Waals surface area contributed by atoms with Crippen molar-refractivity contribution < 1.29 is 9.53 Å². The third-order valence-electron chi connectivity index (χ3n) is 1.52. The highest BCUT2D eigenvalue weighted by Crippen LogP contribution is 2.23. The number of methoxy groups -OCH3 is 1. The third kappa shape index (κ3) is 5.43. The molecule has 0 aromatic carbocycles. The minimum Gasteiger partial charge on any atom is -0.469 e. The first-order valence-corrected chi connectivity index (χ1v) is 4.91. The van der Waals surface area contributed by atoms with Crippen LogP contribution in [-0.2, 0) is 9.53 Å². The summed E-state index contributed by atoms with van der Waals surface area (Å²) in [5.74, 6) is 0.618. The van der Waals surface area contributed by atoms with Crippen LogP contribution in [0.4, 0.5) is 0 Å². The van der Waals surface area contributed by atoms with Crippen molar-refractivity contribution in [2.24, 2.45) is 5.73 Å². The predicted octanol–water partition coefficient (Wildman–Crippen LogP) is 1.02. The molecule has 0 aromatic rings. The van der Waals surface area contributed by atoms with Gasteiger partial charge in [-0.2, -0.15) is 11.8 Å². The van der Waals surface area contributed by atoms with E-state index >= 15 is 0 Å². The fourth-order valence-electron chi connectivity index (χ4n) is 0.572. The van der Waals surface area contributed by atoms with E-state index in [1.165, 1.54) is 7.11 Å². The fourth-order valence-corrected chi connectivity index (χ4v) is 1.51. The molecule has 0 spiro atoms. The Morgan fingerprint density at radius 1 is 1.58 bits per heavy atom. The second-order valence-electron chi connectivity index (χ2n) is 3.14. The summed E-state index contributed by atoms with van der Waals surface area (Å²) in [6.45, 7) is 4.75. The Bertz CT molecular complexity index is 148. The molecule has 4 heteroatoms. The number of esters is 1. The molecule has 0 unspecified atom stereocenters. The monoisotopic (exact) mass is 191 g/mol. The molecule has 12 heavy (non-hydrogen) atoms. The first-order valence-electron chi connectivity index (χ1n) is 3.92. The average Bonchev–Trinajstić information content (AvgIpc) is 2.04. The lowest BCUT2D eigenvalue weighted by Gasteiger charge is -2.20. The van der Waals surface area contributed by atoms with E-state index in [0.717, 1.165) is 5.75 Å². The van der Waals surface area contributed by atoms with Gasteiger partial charge in [0, 0.05) is 17.0 Å². The Morgan fingerprint density at radius 2 is 2.17 bits per heavy atom. The highest BCUT2D eigenvalue weighted by atomic mass is 32.2.